The van der Waals surface area contributed by atoms with Crippen LogP contribution in [-0.2, 0) is 0 Å². The summed E-state index contributed by atoms with van der Waals surface area (Å²) in [5, 5.41) is 1.61. The average Bonchev–Trinajstić information content (AvgIpc) is 2.63. The van der Waals surface area contributed by atoms with E-state index in [1.807, 2.05) is 12.1 Å². The molecule has 2 rings (SSSR count). The standard InChI is InChI=1S/C18H27NOSi/c1-12-13(2)15(4)18(14(12)3)21(6,7)19-16-10-8-9-11-17(16)20-5/h8-11,14,19H,1-7H3. The molecule has 21 heavy (non-hydrogen) atoms. The summed E-state index contributed by atoms with van der Waals surface area (Å²) in [6.45, 7) is 13.9. The fourth-order valence-electron chi connectivity index (χ4n) is 3.53. The molecule has 0 aliphatic heterocycles. The van der Waals surface area contributed by atoms with E-state index < -0.39 is 8.24 Å². The molecule has 0 amide bonds. The maximum absolute atomic E-state index is 5.48. The van der Waals surface area contributed by atoms with Crippen molar-refractivity contribution in [1.29, 1.82) is 0 Å². The summed E-state index contributed by atoms with van der Waals surface area (Å²) >= 11 is 0. The van der Waals surface area contributed by atoms with Crippen molar-refractivity contribution in [2.45, 2.75) is 40.8 Å². The van der Waals surface area contributed by atoms with E-state index in [1.54, 1.807) is 12.3 Å². The Hall–Kier alpha value is -1.48. The van der Waals surface area contributed by atoms with Gasteiger partial charge in [0.05, 0.1) is 12.8 Å². The van der Waals surface area contributed by atoms with Crippen molar-refractivity contribution in [2.75, 3.05) is 12.1 Å². The van der Waals surface area contributed by atoms with Gasteiger partial charge in [-0.3, -0.25) is 0 Å². The molecule has 1 aromatic carbocycles. The van der Waals surface area contributed by atoms with Gasteiger partial charge in [-0.2, -0.15) is 0 Å². The Kier molecular flexibility index (Phi) is 4.33. The van der Waals surface area contributed by atoms with Gasteiger partial charge in [-0.05, 0) is 57.5 Å². The predicted octanol–water partition coefficient (Wildman–Crippen LogP) is 5.15. The molecule has 1 aliphatic rings. The van der Waals surface area contributed by atoms with Crippen LogP contribution in [-0.4, -0.2) is 15.3 Å². The minimum absolute atomic E-state index is 0.550. The zero-order valence-electron chi connectivity index (χ0n) is 14.3. The van der Waals surface area contributed by atoms with Gasteiger partial charge in [-0.15, -0.1) is 0 Å². The molecule has 0 saturated heterocycles. The zero-order chi connectivity index (χ0) is 15.8. The molecule has 0 fully saturated rings. The molecular formula is C18H27NOSi. The van der Waals surface area contributed by atoms with E-state index in [1.165, 1.54) is 16.7 Å². The lowest BCUT2D eigenvalue weighted by atomic mass is 10.1. The number of ether oxygens (including phenoxy) is 1. The lowest BCUT2D eigenvalue weighted by Gasteiger charge is -2.31. The summed E-state index contributed by atoms with van der Waals surface area (Å²) in [4.78, 5) is 3.81. The number of anilines is 1. The van der Waals surface area contributed by atoms with Gasteiger partial charge in [0.15, 0.2) is 8.24 Å². The Morgan fingerprint density at radius 2 is 1.67 bits per heavy atom. The van der Waals surface area contributed by atoms with E-state index in [0.717, 1.165) is 11.4 Å². The van der Waals surface area contributed by atoms with Crippen molar-refractivity contribution in [2.24, 2.45) is 5.92 Å². The molecule has 0 bridgehead atoms. The van der Waals surface area contributed by atoms with E-state index in [0.29, 0.717) is 5.92 Å². The maximum Gasteiger partial charge on any atom is 0.176 e. The number of benzene rings is 1. The van der Waals surface area contributed by atoms with Crippen LogP contribution in [0.3, 0.4) is 0 Å². The molecule has 1 N–H and O–H groups in total. The highest BCUT2D eigenvalue weighted by atomic mass is 28.3. The van der Waals surface area contributed by atoms with Crippen molar-refractivity contribution in [1.82, 2.24) is 0 Å². The van der Waals surface area contributed by atoms with E-state index >= 15 is 0 Å². The van der Waals surface area contributed by atoms with Gasteiger partial charge in [-0.1, -0.05) is 35.4 Å². The highest BCUT2D eigenvalue weighted by Gasteiger charge is 2.37. The molecule has 1 aromatic rings. The highest BCUT2D eigenvalue weighted by molar-refractivity contribution is 6.87. The number of nitrogens with one attached hydrogen (secondary N) is 1. The SMILES string of the molecule is COc1ccccc1N[Si](C)(C)C1=C(C)C(C)=C(C)C1C. The largest absolute Gasteiger partial charge is 0.495 e. The van der Waals surface area contributed by atoms with Crippen LogP contribution in [0.25, 0.3) is 0 Å². The molecule has 0 saturated carbocycles. The first kappa shape index (κ1) is 15.9. The van der Waals surface area contributed by atoms with Crippen LogP contribution < -0.4 is 9.72 Å². The van der Waals surface area contributed by atoms with Crippen LogP contribution in [0.2, 0.25) is 13.1 Å². The van der Waals surface area contributed by atoms with Gasteiger partial charge >= 0.3 is 0 Å². The first-order valence-electron chi connectivity index (χ1n) is 7.59. The fourth-order valence-corrected chi connectivity index (χ4v) is 6.96. The fraction of sp³-hybridized carbons (Fsp3) is 0.444. The molecule has 0 spiro atoms. The highest BCUT2D eigenvalue weighted by Crippen LogP contribution is 2.42. The Balaban J connectivity index is 2.36. The van der Waals surface area contributed by atoms with Gasteiger partial charge in [0.25, 0.3) is 0 Å². The van der Waals surface area contributed by atoms with Gasteiger partial charge in [-0.25, -0.2) is 0 Å². The van der Waals surface area contributed by atoms with Crippen molar-refractivity contribution in [3.8, 4) is 5.75 Å². The van der Waals surface area contributed by atoms with Gasteiger partial charge in [0.2, 0.25) is 0 Å². The molecular weight excluding hydrogens is 274 g/mol. The van der Waals surface area contributed by atoms with Gasteiger partial charge in [0.1, 0.15) is 5.75 Å². The summed E-state index contributed by atoms with van der Waals surface area (Å²) in [5.74, 6) is 1.47. The average molecular weight is 302 g/mol. The van der Waals surface area contributed by atoms with Crippen LogP contribution in [0.4, 0.5) is 5.69 Å². The molecule has 114 valence electrons. The first-order chi connectivity index (χ1) is 9.79. The lowest BCUT2D eigenvalue weighted by Crippen LogP contribution is -2.42. The van der Waals surface area contributed by atoms with Crippen molar-refractivity contribution in [3.05, 3.63) is 46.2 Å². The van der Waals surface area contributed by atoms with E-state index in [4.69, 9.17) is 4.74 Å². The lowest BCUT2D eigenvalue weighted by molar-refractivity contribution is 0.417. The van der Waals surface area contributed by atoms with Crippen LogP contribution >= 0.6 is 0 Å². The third kappa shape index (κ3) is 2.79. The zero-order valence-corrected chi connectivity index (χ0v) is 15.3. The second-order valence-corrected chi connectivity index (χ2v) is 10.6. The second kappa shape index (κ2) is 5.72. The number of hydrogen-bond donors (Lipinski definition) is 1. The Morgan fingerprint density at radius 1 is 1.05 bits per heavy atom. The number of rotatable bonds is 4. The quantitative estimate of drug-likeness (QED) is 0.776. The monoisotopic (exact) mass is 301 g/mol. The summed E-state index contributed by atoms with van der Waals surface area (Å²) in [5.41, 5.74) is 5.58. The smallest absolute Gasteiger partial charge is 0.176 e. The van der Waals surface area contributed by atoms with Crippen molar-refractivity contribution in [3.63, 3.8) is 0 Å². The summed E-state index contributed by atoms with van der Waals surface area (Å²) in [7, 11) is -0.0307. The molecule has 0 radical (unpaired) electrons. The van der Waals surface area contributed by atoms with Crippen LogP contribution in [0, 0.1) is 5.92 Å². The van der Waals surface area contributed by atoms with Crippen molar-refractivity contribution >= 4 is 13.9 Å². The Labute approximate surface area is 130 Å². The van der Waals surface area contributed by atoms with Crippen LogP contribution in [0.5, 0.6) is 5.75 Å². The molecule has 1 unspecified atom stereocenters. The normalized spacial score (nSPS) is 19.3. The first-order valence-corrected chi connectivity index (χ1v) is 10.6. The molecule has 2 nitrogen and oxygen atoms in total. The van der Waals surface area contributed by atoms with Gasteiger partial charge < -0.3 is 9.72 Å². The summed E-state index contributed by atoms with van der Waals surface area (Å²) in [6.07, 6.45) is 0. The van der Waals surface area contributed by atoms with Crippen molar-refractivity contribution < 1.29 is 4.74 Å². The maximum atomic E-state index is 5.48. The van der Waals surface area contributed by atoms with Gasteiger partial charge in [0, 0.05) is 0 Å². The third-order valence-corrected chi connectivity index (χ3v) is 7.92. The number of hydrogen-bond acceptors (Lipinski definition) is 2. The molecule has 0 aromatic heterocycles. The molecule has 3 heteroatoms. The summed E-state index contributed by atoms with van der Waals surface area (Å²) < 4.78 is 5.48. The number of methoxy groups -OCH3 is 1. The van der Waals surface area contributed by atoms with Crippen LogP contribution in [0.15, 0.2) is 46.2 Å². The predicted molar refractivity (Wildman–Crippen MR) is 94.3 cm³/mol. The topological polar surface area (TPSA) is 21.3 Å². The molecule has 1 aliphatic carbocycles. The Bertz CT molecular complexity index is 613. The molecule has 1 atom stereocenters. The minimum atomic E-state index is -1.76. The third-order valence-electron chi connectivity index (χ3n) is 4.87. The summed E-state index contributed by atoms with van der Waals surface area (Å²) in [6, 6.07) is 8.19. The van der Waals surface area contributed by atoms with E-state index in [9.17, 15) is 0 Å². The minimum Gasteiger partial charge on any atom is -0.495 e. The number of allylic oxidation sites excluding steroid dienone is 4. The molecule has 0 heterocycles. The van der Waals surface area contributed by atoms with E-state index in [2.05, 4.69) is 57.9 Å². The van der Waals surface area contributed by atoms with Crippen LogP contribution in [0.1, 0.15) is 27.7 Å². The Morgan fingerprint density at radius 3 is 2.19 bits per heavy atom. The number of para-hydroxylation sites is 2. The van der Waals surface area contributed by atoms with E-state index in [-0.39, 0.29) is 0 Å². The second-order valence-electron chi connectivity index (χ2n) is 6.52.